The molecule has 0 bridgehead atoms. The highest BCUT2D eigenvalue weighted by molar-refractivity contribution is 7.09. The molecule has 5 heterocycles. The van der Waals surface area contributed by atoms with Gasteiger partial charge in [0.25, 0.3) is 0 Å². The highest BCUT2D eigenvalue weighted by Gasteiger charge is 2.47. The first-order chi connectivity index (χ1) is 13.5. The summed E-state index contributed by atoms with van der Waals surface area (Å²) in [6, 6.07) is 3.87. The molecule has 9 heteroatoms. The van der Waals surface area contributed by atoms with Crippen molar-refractivity contribution < 1.29 is 4.42 Å². The lowest BCUT2D eigenvalue weighted by Crippen LogP contribution is -2.45. The van der Waals surface area contributed by atoms with Gasteiger partial charge < -0.3 is 4.42 Å². The predicted molar refractivity (Wildman–Crippen MR) is 104 cm³/mol. The third kappa shape index (κ3) is 2.85. The molecule has 8 nitrogen and oxygen atoms in total. The first kappa shape index (κ1) is 17.6. The van der Waals surface area contributed by atoms with E-state index in [2.05, 4.69) is 15.0 Å². The average Bonchev–Trinajstić information content (AvgIpc) is 3.45. The Labute approximate surface area is 165 Å². The van der Waals surface area contributed by atoms with Crippen molar-refractivity contribution in [3.8, 4) is 0 Å². The fourth-order valence-corrected chi connectivity index (χ4v) is 5.02. The molecule has 3 aromatic rings. The average molecular weight is 399 g/mol. The van der Waals surface area contributed by atoms with Crippen LogP contribution in [0.15, 0.2) is 37.8 Å². The van der Waals surface area contributed by atoms with Crippen LogP contribution in [0.25, 0.3) is 0 Å². The molecule has 3 aromatic heterocycles. The van der Waals surface area contributed by atoms with Crippen LogP contribution >= 0.6 is 11.3 Å². The summed E-state index contributed by atoms with van der Waals surface area (Å²) < 4.78 is 8.36. The first-order valence-corrected chi connectivity index (χ1v) is 10.3. The number of aromatic nitrogens is 4. The molecule has 0 aromatic carbocycles. The standard InChI is InChI=1S/C19H21N5O3S/c1-13-20-14(11-28-13)9-24-17(26)16(25)23-7-5-19(18(23)21-24)4-6-22(12-19)10-15-3-2-8-27-15/h2-3,8,11H,4-7,9-10,12H2,1H3/t19-/m0/s1. The van der Waals surface area contributed by atoms with E-state index in [0.717, 1.165) is 54.8 Å². The van der Waals surface area contributed by atoms with Crippen LogP contribution in [0.4, 0.5) is 0 Å². The smallest absolute Gasteiger partial charge is 0.332 e. The minimum absolute atomic E-state index is 0.181. The van der Waals surface area contributed by atoms with Crippen molar-refractivity contribution in [3.63, 3.8) is 0 Å². The van der Waals surface area contributed by atoms with Crippen molar-refractivity contribution in [2.24, 2.45) is 0 Å². The number of hydrogen-bond acceptors (Lipinski definition) is 7. The van der Waals surface area contributed by atoms with Gasteiger partial charge in [0.2, 0.25) is 0 Å². The molecule has 2 aliphatic heterocycles. The zero-order chi connectivity index (χ0) is 19.3. The summed E-state index contributed by atoms with van der Waals surface area (Å²) in [5.74, 6) is 1.68. The molecule has 146 valence electrons. The maximum atomic E-state index is 12.7. The number of hydrogen-bond donors (Lipinski definition) is 0. The van der Waals surface area contributed by atoms with Gasteiger partial charge in [-0.1, -0.05) is 0 Å². The number of fused-ring (bicyclic) bond motifs is 2. The SMILES string of the molecule is Cc1nc(Cn2nc3n(c(=O)c2=O)CC[C@]32CCN(Cc3ccco3)C2)cs1. The van der Waals surface area contributed by atoms with Gasteiger partial charge in [-0.05, 0) is 38.4 Å². The van der Waals surface area contributed by atoms with Gasteiger partial charge in [-0.15, -0.1) is 11.3 Å². The van der Waals surface area contributed by atoms with Crippen LogP contribution in [0.2, 0.25) is 0 Å². The Morgan fingerprint density at radius 2 is 2.07 bits per heavy atom. The largest absolute Gasteiger partial charge is 0.468 e. The summed E-state index contributed by atoms with van der Waals surface area (Å²) >= 11 is 1.53. The van der Waals surface area contributed by atoms with E-state index in [-0.39, 0.29) is 12.0 Å². The van der Waals surface area contributed by atoms with Crippen molar-refractivity contribution in [1.82, 2.24) is 24.2 Å². The molecular formula is C19H21N5O3S. The summed E-state index contributed by atoms with van der Waals surface area (Å²) in [7, 11) is 0. The molecule has 1 atom stereocenters. The highest BCUT2D eigenvalue weighted by Crippen LogP contribution is 2.40. The molecule has 1 saturated heterocycles. The topological polar surface area (TPSA) is 86.2 Å². The summed E-state index contributed by atoms with van der Waals surface area (Å²) in [4.78, 5) is 32.0. The summed E-state index contributed by atoms with van der Waals surface area (Å²) in [5.41, 5.74) is -0.464. The number of rotatable bonds is 4. The molecular weight excluding hydrogens is 378 g/mol. The molecule has 1 spiro atoms. The van der Waals surface area contributed by atoms with Crippen LogP contribution in [0.1, 0.15) is 35.1 Å². The third-order valence-corrected chi connectivity index (χ3v) is 6.62. The number of aryl methyl sites for hydroxylation is 1. The predicted octanol–water partition coefficient (Wildman–Crippen LogP) is 1.36. The van der Waals surface area contributed by atoms with Gasteiger partial charge in [0, 0.05) is 23.9 Å². The number of thiazole rings is 1. The van der Waals surface area contributed by atoms with E-state index in [4.69, 9.17) is 4.42 Å². The van der Waals surface area contributed by atoms with Gasteiger partial charge in [0.1, 0.15) is 11.6 Å². The second kappa shape index (κ2) is 6.52. The Morgan fingerprint density at radius 1 is 1.21 bits per heavy atom. The van der Waals surface area contributed by atoms with Crippen LogP contribution in [0, 0.1) is 6.92 Å². The molecule has 0 unspecified atom stereocenters. The first-order valence-electron chi connectivity index (χ1n) is 9.42. The lowest BCUT2D eigenvalue weighted by atomic mass is 9.85. The fraction of sp³-hybridized carbons (Fsp3) is 0.474. The molecule has 0 saturated carbocycles. The van der Waals surface area contributed by atoms with E-state index in [9.17, 15) is 9.59 Å². The number of furan rings is 1. The van der Waals surface area contributed by atoms with E-state index < -0.39 is 11.1 Å². The molecule has 0 N–H and O–H groups in total. The van der Waals surface area contributed by atoms with Gasteiger partial charge >= 0.3 is 11.1 Å². The fourth-order valence-electron chi connectivity index (χ4n) is 4.42. The van der Waals surface area contributed by atoms with E-state index in [0.29, 0.717) is 6.54 Å². The quantitative estimate of drug-likeness (QED) is 0.616. The second-order valence-electron chi connectivity index (χ2n) is 7.67. The van der Waals surface area contributed by atoms with Gasteiger partial charge in [-0.25, -0.2) is 9.67 Å². The third-order valence-electron chi connectivity index (χ3n) is 5.79. The van der Waals surface area contributed by atoms with Gasteiger partial charge in [-0.2, -0.15) is 5.10 Å². The van der Waals surface area contributed by atoms with E-state index in [1.165, 1.54) is 16.0 Å². The normalized spacial score (nSPS) is 21.6. The van der Waals surface area contributed by atoms with Crippen LogP contribution in [-0.2, 0) is 25.0 Å². The van der Waals surface area contributed by atoms with E-state index in [1.54, 1.807) is 10.8 Å². The van der Waals surface area contributed by atoms with Gasteiger partial charge in [-0.3, -0.25) is 19.1 Å². The van der Waals surface area contributed by atoms with Crippen molar-refractivity contribution in [1.29, 1.82) is 0 Å². The summed E-state index contributed by atoms with van der Waals surface area (Å²) in [5, 5.41) is 7.51. The highest BCUT2D eigenvalue weighted by atomic mass is 32.1. The molecule has 0 aliphatic carbocycles. The maximum absolute atomic E-state index is 12.7. The Hall–Kier alpha value is -2.52. The molecule has 0 amide bonds. The lowest BCUT2D eigenvalue weighted by molar-refractivity contribution is 0.273. The van der Waals surface area contributed by atoms with Crippen LogP contribution in [-0.4, -0.2) is 37.3 Å². The maximum Gasteiger partial charge on any atom is 0.332 e. The lowest BCUT2D eigenvalue weighted by Gasteiger charge is -2.23. The van der Waals surface area contributed by atoms with Crippen molar-refractivity contribution in [2.75, 3.05) is 13.1 Å². The van der Waals surface area contributed by atoms with Crippen LogP contribution in [0.3, 0.4) is 0 Å². The molecule has 2 aliphatic rings. The Morgan fingerprint density at radius 3 is 2.82 bits per heavy atom. The Balaban J connectivity index is 1.47. The minimum atomic E-state index is -0.572. The zero-order valence-electron chi connectivity index (χ0n) is 15.6. The number of likely N-dealkylation sites (tertiary alicyclic amines) is 1. The summed E-state index contributed by atoms with van der Waals surface area (Å²) in [6.45, 7) is 5.19. The monoisotopic (exact) mass is 399 g/mol. The van der Waals surface area contributed by atoms with Crippen LogP contribution < -0.4 is 11.1 Å². The Bertz CT molecular complexity index is 1130. The molecule has 28 heavy (non-hydrogen) atoms. The molecule has 0 radical (unpaired) electrons. The van der Waals surface area contributed by atoms with Gasteiger partial charge in [0.15, 0.2) is 0 Å². The second-order valence-corrected chi connectivity index (χ2v) is 8.73. The van der Waals surface area contributed by atoms with Crippen molar-refractivity contribution >= 4 is 11.3 Å². The minimum Gasteiger partial charge on any atom is -0.468 e. The summed E-state index contributed by atoms with van der Waals surface area (Å²) in [6.07, 6.45) is 3.45. The zero-order valence-corrected chi connectivity index (χ0v) is 16.4. The van der Waals surface area contributed by atoms with Crippen molar-refractivity contribution in [2.45, 2.75) is 44.8 Å². The van der Waals surface area contributed by atoms with Crippen molar-refractivity contribution in [3.05, 3.63) is 66.8 Å². The number of nitrogens with zero attached hydrogens (tertiary/aromatic N) is 5. The van der Waals surface area contributed by atoms with E-state index in [1.807, 2.05) is 24.4 Å². The Kier molecular flexibility index (Phi) is 4.09. The van der Waals surface area contributed by atoms with E-state index >= 15 is 0 Å². The van der Waals surface area contributed by atoms with Crippen LogP contribution in [0.5, 0.6) is 0 Å². The molecule has 5 rings (SSSR count). The molecule has 1 fully saturated rings. The van der Waals surface area contributed by atoms with Gasteiger partial charge in [0.05, 0.1) is 30.1 Å².